The molecule has 6 nitrogen and oxygen atoms in total. The third kappa shape index (κ3) is 5.25. The van der Waals surface area contributed by atoms with E-state index in [0.29, 0.717) is 18.3 Å². The largest absolute Gasteiger partial charge is 0.495 e. The molecule has 1 saturated heterocycles. The Balaban J connectivity index is 1.47. The zero-order valence-electron chi connectivity index (χ0n) is 16.4. The highest BCUT2D eigenvalue weighted by Gasteiger charge is 2.25. The van der Waals surface area contributed by atoms with Crippen molar-refractivity contribution in [1.82, 2.24) is 10.6 Å². The first-order chi connectivity index (χ1) is 13.7. The summed E-state index contributed by atoms with van der Waals surface area (Å²) in [6, 6.07) is 17.9. The van der Waals surface area contributed by atoms with Crippen molar-refractivity contribution >= 4 is 22.4 Å². The Morgan fingerprint density at radius 1 is 1.21 bits per heavy atom. The van der Waals surface area contributed by atoms with E-state index in [-0.39, 0.29) is 0 Å². The van der Waals surface area contributed by atoms with Gasteiger partial charge in [0.1, 0.15) is 5.75 Å². The van der Waals surface area contributed by atoms with Crippen LogP contribution in [0.3, 0.4) is 0 Å². The number of hydrogen-bond acceptors (Lipinski definition) is 4. The van der Waals surface area contributed by atoms with E-state index in [9.17, 15) is 4.21 Å². The lowest BCUT2D eigenvalue weighted by Crippen LogP contribution is -2.45. The summed E-state index contributed by atoms with van der Waals surface area (Å²) in [5.41, 5.74) is 1.12. The SMILES string of the molecule is CN=C(NCCS(=O)c1ccccc1)NC1CCN(c2ccccc2OC)C1. The maximum atomic E-state index is 12.3. The van der Waals surface area contributed by atoms with Crippen LogP contribution in [-0.4, -0.2) is 55.8 Å². The quantitative estimate of drug-likeness (QED) is 0.551. The van der Waals surface area contributed by atoms with Crippen LogP contribution < -0.4 is 20.3 Å². The minimum atomic E-state index is -1.01. The van der Waals surface area contributed by atoms with Crippen LogP contribution in [0.1, 0.15) is 6.42 Å². The van der Waals surface area contributed by atoms with Crippen molar-refractivity contribution < 1.29 is 8.95 Å². The molecule has 0 amide bonds. The van der Waals surface area contributed by atoms with Gasteiger partial charge in [-0.2, -0.15) is 0 Å². The highest BCUT2D eigenvalue weighted by Crippen LogP contribution is 2.30. The van der Waals surface area contributed by atoms with E-state index in [1.807, 2.05) is 48.5 Å². The van der Waals surface area contributed by atoms with Crippen LogP contribution >= 0.6 is 0 Å². The van der Waals surface area contributed by atoms with Crippen LogP contribution in [0.15, 0.2) is 64.5 Å². The molecule has 2 aromatic carbocycles. The van der Waals surface area contributed by atoms with Crippen molar-refractivity contribution in [2.75, 3.05) is 44.4 Å². The third-order valence-electron chi connectivity index (χ3n) is 4.76. The monoisotopic (exact) mass is 400 g/mol. The van der Waals surface area contributed by atoms with E-state index < -0.39 is 10.8 Å². The van der Waals surface area contributed by atoms with Gasteiger partial charge in [-0.05, 0) is 30.7 Å². The Kier molecular flexibility index (Phi) is 7.31. The fourth-order valence-electron chi connectivity index (χ4n) is 3.33. The molecule has 2 unspecified atom stereocenters. The van der Waals surface area contributed by atoms with Gasteiger partial charge >= 0.3 is 0 Å². The van der Waals surface area contributed by atoms with E-state index in [0.717, 1.165) is 41.8 Å². The standard InChI is InChI=1S/C21H28N4O2S/c1-22-21(23-13-15-28(26)18-8-4-3-5-9-18)24-17-12-14-25(16-17)19-10-6-7-11-20(19)27-2/h3-11,17H,12-16H2,1-2H3,(H2,22,23,24). The lowest BCUT2D eigenvalue weighted by molar-refractivity contribution is 0.415. The second-order valence-corrected chi connectivity index (χ2v) is 8.18. The average molecular weight is 401 g/mol. The molecule has 2 atom stereocenters. The van der Waals surface area contributed by atoms with E-state index in [2.05, 4.69) is 26.6 Å². The summed E-state index contributed by atoms with van der Waals surface area (Å²) in [4.78, 5) is 7.49. The van der Waals surface area contributed by atoms with E-state index in [1.165, 1.54) is 0 Å². The van der Waals surface area contributed by atoms with Gasteiger partial charge in [0.05, 0.1) is 23.6 Å². The number of para-hydroxylation sites is 2. The van der Waals surface area contributed by atoms with Gasteiger partial charge < -0.3 is 20.3 Å². The molecule has 1 fully saturated rings. The third-order valence-corrected chi connectivity index (χ3v) is 6.14. The molecular formula is C21H28N4O2S. The van der Waals surface area contributed by atoms with Crippen molar-refractivity contribution in [1.29, 1.82) is 0 Å². The maximum Gasteiger partial charge on any atom is 0.191 e. The molecule has 0 bridgehead atoms. The fraction of sp³-hybridized carbons (Fsp3) is 0.381. The van der Waals surface area contributed by atoms with Crippen LogP contribution in [0.4, 0.5) is 5.69 Å². The molecule has 1 aliphatic rings. The predicted octanol–water partition coefficient (Wildman–Crippen LogP) is 2.25. The van der Waals surface area contributed by atoms with Crippen LogP contribution in [0.5, 0.6) is 5.75 Å². The predicted molar refractivity (Wildman–Crippen MR) is 116 cm³/mol. The molecule has 0 aliphatic carbocycles. The van der Waals surface area contributed by atoms with Crippen molar-refractivity contribution in [2.24, 2.45) is 4.99 Å². The summed E-state index contributed by atoms with van der Waals surface area (Å²) in [6.45, 7) is 2.45. The highest BCUT2D eigenvalue weighted by molar-refractivity contribution is 7.85. The number of ether oxygens (including phenoxy) is 1. The first-order valence-electron chi connectivity index (χ1n) is 9.50. The molecule has 0 aromatic heterocycles. The van der Waals surface area contributed by atoms with Gasteiger partial charge in [-0.3, -0.25) is 9.20 Å². The summed E-state index contributed by atoms with van der Waals surface area (Å²) in [5, 5.41) is 6.75. The molecular weight excluding hydrogens is 372 g/mol. The molecule has 7 heteroatoms. The second kappa shape index (κ2) is 10.1. The molecule has 3 rings (SSSR count). The molecule has 1 heterocycles. The normalized spacial score (nSPS) is 18.0. The molecule has 150 valence electrons. The smallest absolute Gasteiger partial charge is 0.191 e. The van der Waals surface area contributed by atoms with Crippen LogP contribution in [0, 0.1) is 0 Å². The number of benzene rings is 2. The molecule has 2 aromatic rings. The van der Waals surface area contributed by atoms with Gasteiger partial charge in [0.15, 0.2) is 5.96 Å². The van der Waals surface area contributed by atoms with Gasteiger partial charge in [-0.1, -0.05) is 30.3 Å². The number of aliphatic imine (C=N–C) groups is 1. The average Bonchev–Trinajstić information content (AvgIpc) is 3.21. The fourth-order valence-corrected chi connectivity index (χ4v) is 4.31. The number of rotatable bonds is 7. The Hall–Kier alpha value is -2.54. The number of hydrogen-bond donors (Lipinski definition) is 2. The number of guanidine groups is 1. The topological polar surface area (TPSA) is 66.0 Å². The summed E-state index contributed by atoms with van der Waals surface area (Å²) in [5.74, 6) is 2.19. The highest BCUT2D eigenvalue weighted by atomic mass is 32.2. The lowest BCUT2D eigenvalue weighted by Gasteiger charge is -2.22. The van der Waals surface area contributed by atoms with Crippen molar-refractivity contribution in [3.63, 3.8) is 0 Å². The van der Waals surface area contributed by atoms with Gasteiger partial charge in [-0.25, -0.2) is 0 Å². The second-order valence-electron chi connectivity index (χ2n) is 6.61. The van der Waals surface area contributed by atoms with E-state index in [4.69, 9.17) is 4.74 Å². The molecule has 0 saturated carbocycles. The minimum Gasteiger partial charge on any atom is -0.495 e. The number of anilines is 1. The summed E-state index contributed by atoms with van der Waals surface area (Å²) < 4.78 is 17.8. The minimum absolute atomic E-state index is 0.302. The Morgan fingerprint density at radius 3 is 2.71 bits per heavy atom. The van der Waals surface area contributed by atoms with E-state index in [1.54, 1.807) is 14.2 Å². The van der Waals surface area contributed by atoms with Crippen LogP contribution in [0.25, 0.3) is 0 Å². The number of methoxy groups -OCH3 is 1. The van der Waals surface area contributed by atoms with Crippen molar-refractivity contribution in [2.45, 2.75) is 17.4 Å². The van der Waals surface area contributed by atoms with Gasteiger partial charge in [0, 0.05) is 43.4 Å². The van der Waals surface area contributed by atoms with Crippen molar-refractivity contribution in [3.8, 4) is 5.75 Å². The lowest BCUT2D eigenvalue weighted by atomic mass is 10.2. The number of nitrogens with one attached hydrogen (secondary N) is 2. The van der Waals surface area contributed by atoms with Crippen LogP contribution in [-0.2, 0) is 10.8 Å². The molecule has 2 N–H and O–H groups in total. The Labute approximate surface area is 169 Å². The first kappa shape index (κ1) is 20.2. The molecule has 28 heavy (non-hydrogen) atoms. The zero-order valence-corrected chi connectivity index (χ0v) is 17.2. The zero-order chi connectivity index (χ0) is 19.8. The number of nitrogens with zero attached hydrogens (tertiary/aromatic N) is 2. The van der Waals surface area contributed by atoms with Gasteiger partial charge in [0.2, 0.25) is 0 Å². The summed E-state index contributed by atoms with van der Waals surface area (Å²) >= 11 is 0. The summed E-state index contributed by atoms with van der Waals surface area (Å²) in [6.07, 6.45) is 1.02. The summed E-state index contributed by atoms with van der Waals surface area (Å²) in [7, 11) is 2.46. The molecule has 0 spiro atoms. The Morgan fingerprint density at radius 2 is 1.96 bits per heavy atom. The Bertz CT molecular complexity index is 813. The maximum absolute atomic E-state index is 12.3. The molecule has 1 aliphatic heterocycles. The van der Waals surface area contributed by atoms with Gasteiger partial charge in [-0.15, -0.1) is 0 Å². The van der Waals surface area contributed by atoms with Crippen molar-refractivity contribution in [3.05, 3.63) is 54.6 Å². The molecule has 0 radical (unpaired) electrons. The van der Waals surface area contributed by atoms with E-state index >= 15 is 0 Å². The first-order valence-corrected chi connectivity index (χ1v) is 10.8. The van der Waals surface area contributed by atoms with Gasteiger partial charge in [0.25, 0.3) is 0 Å². The van der Waals surface area contributed by atoms with Crippen LogP contribution in [0.2, 0.25) is 0 Å².